The Bertz CT molecular complexity index is 663. The first-order valence-corrected chi connectivity index (χ1v) is 10.7. The number of nitrogens with zero attached hydrogens (tertiary/aromatic N) is 2. The minimum atomic E-state index is -0.0897. The van der Waals surface area contributed by atoms with Gasteiger partial charge in [-0.2, -0.15) is 0 Å². The van der Waals surface area contributed by atoms with Gasteiger partial charge in [0.05, 0.1) is 19.8 Å². The van der Waals surface area contributed by atoms with Crippen molar-refractivity contribution in [2.45, 2.75) is 39.7 Å². The summed E-state index contributed by atoms with van der Waals surface area (Å²) in [6, 6.07) is 8.35. The minimum absolute atomic E-state index is 0. The van der Waals surface area contributed by atoms with Crippen molar-refractivity contribution in [2.75, 3.05) is 51.8 Å². The van der Waals surface area contributed by atoms with E-state index in [0.717, 1.165) is 51.4 Å². The lowest BCUT2D eigenvalue weighted by Gasteiger charge is -2.35. The Kier molecular flexibility index (Phi) is 13.0. The van der Waals surface area contributed by atoms with Gasteiger partial charge >= 0.3 is 0 Å². The molecule has 7 nitrogen and oxygen atoms in total. The second-order valence-electron chi connectivity index (χ2n) is 7.84. The lowest BCUT2D eigenvalue weighted by Crippen LogP contribution is -2.51. The Hall–Kier alpha value is -1.39. The number of rotatable bonds is 9. The fourth-order valence-corrected chi connectivity index (χ4v) is 3.52. The van der Waals surface area contributed by atoms with E-state index in [9.17, 15) is 4.79 Å². The van der Waals surface area contributed by atoms with E-state index in [1.54, 1.807) is 7.05 Å². The fraction of sp³-hybridized carbons (Fsp3) is 0.636. The van der Waals surface area contributed by atoms with Crippen LogP contribution in [-0.2, 0) is 16.0 Å². The van der Waals surface area contributed by atoms with Gasteiger partial charge < -0.3 is 20.7 Å². The summed E-state index contributed by atoms with van der Waals surface area (Å²) in [4.78, 5) is 19.0. The number of carbonyl (C=O) groups is 1. The lowest BCUT2D eigenvalue weighted by molar-refractivity contribution is -0.115. The van der Waals surface area contributed by atoms with Crippen LogP contribution in [0.15, 0.2) is 29.3 Å². The number of amides is 1. The zero-order valence-electron chi connectivity index (χ0n) is 18.7. The Morgan fingerprint density at radius 1 is 1.23 bits per heavy atom. The van der Waals surface area contributed by atoms with E-state index in [0.29, 0.717) is 17.9 Å². The molecule has 2 rings (SSSR count). The second-order valence-corrected chi connectivity index (χ2v) is 7.84. The predicted octanol–water partition coefficient (Wildman–Crippen LogP) is 2.72. The maximum absolute atomic E-state index is 12.3. The first kappa shape index (κ1) is 26.6. The van der Waals surface area contributed by atoms with Crippen LogP contribution in [0, 0.1) is 5.92 Å². The van der Waals surface area contributed by atoms with Crippen molar-refractivity contribution < 1.29 is 9.53 Å². The van der Waals surface area contributed by atoms with Gasteiger partial charge in [-0.3, -0.25) is 14.7 Å². The van der Waals surface area contributed by atoms with E-state index < -0.39 is 0 Å². The Balaban J connectivity index is 0.00000450. The predicted molar refractivity (Wildman–Crippen MR) is 135 cm³/mol. The molecule has 30 heavy (non-hydrogen) atoms. The van der Waals surface area contributed by atoms with Crippen molar-refractivity contribution in [3.05, 3.63) is 29.8 Å². The zero-order valence-corrected chi connectivity index (χ0v) is 21.1. The maximum atomic E-state index is 12.3. The smallest absolute Gasteiger partial charge is 0.243 e. The number of hydrogen-bond acceptors (Lipinski definition) is 4. The third-order valence-corrected chi connectivity index (χ3v) is 5.07. The topological polar surface area (TPSA) is 78.0 Å². The summed E-state index contributed by atoms with van der Waals surface area (Å²) in [5, 5.41) is 9.43. The summed E-state index contributed by atoms with van der Waals surface area (Å²) in [6.07, 6.45) is 2.05. The van der Waals surface area contributed by atoms with Crippen molar-refractivity contribution in [3.63, 3.8) is 0 Å². The van der Waals surface area contributed by atoms with Gasteiger partial charge in [-0.25, -0.2) is 0 Å². The van der Waals surface area contributed by atoms with Crippen LogP contribution in [0.2, 0.25) is 0 Å². The molecular weight excluding hydrogens is 493 g/mol. The summed E-state index contributed by atoms with van der Waals surface area (Å²) in [5.74, 6) is 1.17. The van der Waals surface area contributed by atoms with E-state index in [-0.39, 0.29) is 36.4 Å². The van der Waals surface area contributed by atoms with Gasteiger partial charge in [-0.1, -0.05) is 32.9 Å². The normalized spacial score (nSPS) is 16.0. The molecule has 1 aromatic rings. The van der Waals surface area contributed by atoms with E-state index >= 15 is 0 Å². The summed E-state index contributed by atoms with van der Waals surface area (Å²) < 4.78 is 5.49. The number of hydrogen-bond donors (Lipinski definition) is 3. The number of aryl methyl sites for hydroxylation is 1. The van der Waals surface area contributed by atoms with E-state index in [2.05, 4.69) is 52.7 Å². The van der Waals surface area contributed by atoms with Gasteiger partial charge in [0.1, 0.15) is 0 Å². The van der Waals surface area contributed by atoms with Crippen molar-refractivity contribution >= 4 is 41.5 Å². The molecule has 1 saturated heterocycles. The Morgan fingerprint density at radius 2 is 1.97 bits per heavy atom. The van der Waals surface area contributed by atoms with Crippen molar-refractivity contribution in [1.29, 1.82) is 0 Å². The largest absolute Gasteiger partial charge is 0.379 e. The molecule has 1 aliphatic rings. The van der Waals surface area contributed by atoms with Gasteiger partial charge in [0.15, 0.2) is 5.96 Å². The van der Waals surface area contributed by atoms with Gasteiger partial charge in [-0.15, -0.1) is 24.0 Å². The highest BCUT2D eigenvalue weighted by molar-refractivity contribution is 14.0. The molecule has 1 aromatic carbocycles. The molecule has 0 aliphatic carbocycles. The minimum Gasteiger partial charge on any atom is -0.379 e. The standard InChI is InChI=1S/C22H37N5O2.HI/c1-5-18-7-6-8-19(14-18)26-21(28)16-25-22(23-4)24-15-20(13-17(2)3)27-9-11-29-12-10-27;/h6-8,14,17,20H,5,9-13,15-16H2,1-4H3,(H,26,28)(H2,23,24,25);1H. The van der Waals surface area contributed by atoms with E-state index in [4.69, 9.17) is 4.74 Å². The highest BCUT2D eigenvalue weighted by Gasteiger charge is 2.22. The fourth-order valence-electron chi connectivity index (χ4n) is 3.52. The number of ether oxygens (including phenoxy) is 1. The number of nitrogens with one attached hydrogen (secondary N) is 3. The SMILES string of the molecule is CCc1cccc(NC(=O)CNC(=NC)NCC(CC(C)C)N2CCOCC2)c1.I. The quantitative estimate of drug-likeness (QED) is 0.260. The molecule has 0 saturated carbocycles. The zero-order chi connectivity index (χ0) is 21.1. The summed E-state index contributed by atoms with van der Waals surface area (Å²) in [7, 11) is 1.73. The number of carbonyl (C=O) groups excluding carboxylic acids is 1. The van der Waals surface area contributed by atoms with E-state index in [1.165, 1.54) is 5.56 Å². The van der Waals surface area contributed by atoms with Gasteiger partial charge in [0.2, 0.25) is 5.91 Å². The van der Waals surface area contributed by atoms with Gasteiger partial charge in [0.25, 0.3) is 0 Å². The second kappa shape index (κ2) is 14.6. The maximum Gasteiger partial charge on any atom is 0.243 e. The van der Waals surface area contributed by atoms with Crippen LogP contribution in [0.4, 0.5) is 5.69 Å². The molecule has 1 fully saturated rings. The van der Waals surface area contributed by atoms with Crippen molar-refractivity contribution in [1.82, 2.24) is 15.5 Å². The Morgan fingerprint density at radius 3 is 2.60 bits per heavy atom. The molecule has 0 bridgehead atoms. The van der Waals surface area contributed by atoms with Crippen molar-refractivity contribution in [2.24, 2.45) is 10.9 Å². The molecule has 1 heterocycles. The highest BCUT2D eigenvalue weighted by atomic mass is 127. The lowest BCUT2D eigenvalue weighted by atomic mass is 10.0. The third kappa shape index (κ3) is 9.61. The van der Waals surface area contributed by atoms with Crippen LogP contribution >= 0.6 is 24.0 Å². The summed E-state index contributed by atoms with van der Waals surface area (Å²) in [6.45, 7) is 11.1. The van der Waals surface area contributed by atoms with Crippen LogP contribution in [0.3, 0.4) is 0 Å². The molecule has 0 spiro atoms. The Labute approximate surface area is 198 Å². The molecule has 170 valence electrons. The first-order chi connectivity index (χ1) is 14.0. The summed E-state index contributed by atoms with van der Waals surface area (Å²) >= 11 is 0. The number of halogens is 1. The van der Waals surface area contributed by atoms with Crippen LogP contribution in [0.25, 0.3) is 0 Å². The number of guanidine groups is 1. The van der Waals surface area contributed by atoms with Gasteiger partial charge in [-0.05, 0) is 36.5 Å². The van der Waals surface area contributed by atoms with Gasteiger partial charge in [0, 0.05) is 38.4 Å². The number of anilines is 1. The third-order valence-electron chi connectivity index (χ3n) is 5.07. The van der Waals surface area contributed by atoms with E-state index in [1.807, 2.05) is 18.2 Å². The molecule has 0 aromatic heterocycles. The highest BCUT2D eigenvalue weighted by Crippen LogP contribution is 2.13. The molecular formula is C22H38IN5O2. The number of aliphatic imine (C=N–C) groups is 1. The molecule has 1 amide bonds. The average molecular weight is 531 g/mol. The van der Waals surface area contributed by atoms with Crippen LogP contribution in [0.1, 0.15) is 32.8 Å². The molecule has 1 atom stereocenters. The first-order valence-electron chi connectivity index (χ1n) is 10.7. The monoisotopic (exact) mass is 531 g/mol. The summed E-state index contributed by atoms with van der Waals surface area (Å²) in [5.41, 5.74) is 2.02. The number of benzene rings is 1. The molecule has 8 heteroatoms. The van der Waals surface area contributed by atoms with Crippen LogP contribution in [-0.4, -0.2) is 69.2 Å². The number of morpholine rings is 1. The molecule has 1 aliphatic heterocycles. The average Bonchev–Trinajstić information content (AvgIpc) is 2.73. The van der Waals surface area contributed by atoms with Crippen molar-refractivity contribution in [3.8, 4) is 0 Å². The molecule has 3 N–H and O–H groups in total. The molecule has 0 radical (unpaired) electrons. The molecule has 1 unspecified atom stereocenters. The van der Waals surface area contributed by atoms with Crippen LogP contribution < -0.4 is 16.0 Å². The van der Waals surface area contributed by atoms with Crippen LogP contribution in [0.5, 0.6) is 0 Å².